The second-order valence-corrected chi connectivity index (χ2v) is 5.25. The van der Waals surface area contributed by atoms with E-state index in [2.05, 4.69) is 5.32 Å². The first kappa shape index (κ1) is 11.9. The molecular weight excluding hydrogens is 204 g/mol. The van der Waals surface area contributed by atoms with Crippen molar-refractivity contribution in [3.8, 4) is 0 Å². The summed E-state index contributed by atoms with van der Waals surface area (Å²) in [6.45, 7) is 2.69. The van der Waals surface area contributed by atoms with E-state index in [0.717, 1.165) is 45.3 Å². The zero-order valence-corrected chi connectivity index (χ0v) is 9.98. The maximum Gasteiger partial charge on any atom is 0.226 e. The largest absolute Gasteiger partial charge is 0.393 e. The first-order chi connectivity index (χ1) is 7.66. The quantitative estimate of drug-likeness (QED) is 0.723. The summed E-state index contributed by atoms with van der Waals surface area (Å²) < 4.78 is 0. The fourth-order valence-electron chi connectivity index (χ4n) is 2.70. The highest BCUT2D eigenvalue weighted by atomic mass is 16.3. The van der Waals surface area contributed by atoms with Gasteiger partial charge in [0.05, 0.1) is 12.0 Å². The standard InChI is InChI=1S/C12H22N2O2/c1-14(8-9-5-11(15)6-9)12(16)10-3-2-4-13-7-10/h9-11,13,15H,2-8H2,1H3/t9?,10-,11?/m1/s1. The lowest BCUT2D eigenvalue weighted by molar-refractivity contribution is -0.136. The topological polar surface area (TPSA) is 52.6 Å². The van der Waals surface area contributed by atoms with Crippen molar-refractivity contribution in [2.45, 2.75) is 31.8 Å². The van der Waals surface area contributed by atoms with Crippen LogP contribution in [0.1, 0.15) is 25.7 Å². The highest BCUT2D eigenvalue weighted by Crippen LogP contribution is 2.28. The Morgan fingerprint density at radius 1 is 1.50 bits per heavy atom. The van der Waals surface area contributed by atoms with E-state index in [4.69, 9.17) is 0 Å². The van der Waals surface area contributed by atoms with E-state index in [0.29, 0.717) is 5.92 Å². The van der Waals surface area contributed by atoms with Crippen molar-refractivity contribution >= 4 is 5.91 Å². The van der Waals surface area contributed by atoms with Crippen LogP contribution in [0.3, 0.4) is 0 Å². The SMILES string of the molecule is CN(CC1CC(O)C1)C(=O)[C@@H]1CCCNC1. The Labute approximate surface area is 97.0 Å². The Hall–Kier alpha value is -0.610. The summed E-state index contributed by atoms with van der Waals surface area (Å²) >= 11 is 0. The monoisotopic (exact) mass is 226 g/mol. The molecule has 1 saturated heterocycles. The van der Waals surface area contributed by atoms with Crippen molar-refractivity contribution in [1.29, 1.82) is 0 Å². The van der Waals surface area contributed by atoms with Crippen LogP contribution in [0.5, 0.6) is 0 Å². The van der Waals surface area contributed by atoms with Gasteiger partial charge in [-0.1, -0.05) is 0 Å². The van der Waals surface area contributed by atoms with Crippen LogP contribution >= 0.6 is 0 Å². The second-order valence-electron chi connectivity index (χ2n) is 5.25. The number of nitrogens with one attached hydrogen (secondary N) is 1. The van der Waals surface area contributed by atoms with Crippen LogP contribution in [-0.2, 0) is 4.79 Å². The van der Waals surface area contributed by atoms with Crippen LogP contribution in [0.2, 0.25) is 0 Å². The number of nitrogens with zero attached hydrogens (tertiary/aromatic N) is 1. The molecule has 0 aromatic rings. The number of aliphatic hydroxyl groups is 1. The smallest absolute Gasteiger partial charge is 0.226 e. The summed E-state index contributed by atoms with van der Waals surface area (Å²) in [7, 11) is 1.89. The molecule has 0 radical (unpaired) electrons. The summed E-state index contributed by atoms with van der Waals surface area (Å²) in [6.07, 6.45) is 3.72. The number of amides is 1. The highest BCUT2D eigenvalue weighted by molar-refractivity contribution is 5.78. The summed E-state index contributed by atoms with van der Waals surface area (Å²) in [4.78, 5) is 13.9. The Bertz CT molecular complexity index is 245. The third-order valence-corrected chi connectivity index (χ3v) is 3.77. The molecule has 4 nitrogen and oxygen atoms in total. The van der Waals surface area contributed by atoms with Gasteiger partial charge in [-0.3, -0.25) is 4.79 Å². The molecule has 2 N–H and O–H groups in total. The number of hydrogen-bond acceptors (Lipinski definition) is 3. The maximum absolute atomic E-state index is 12.1. The molecule has 16 heavy (non-hydrogen) atoms. The van der Waals surface area contributed by atoms with Gasteiger partial charge in [0.1, 0.15) is 0 Å². The van der Waals surface area contributed by atoms with Crippen molar-refractivity contribution < 1.29 is 9.90 Å². The molecule has 1 amide bonds. The molecule has 1 aliphatic heterocycles. The fraction of sp³-hybridized carbons (Fsp3) is 0.917. The molecule has 2 rings (SSSR count). The predicted molar refractivity (Wildman–Crippen MR) is 62.0 cm³/mol. The molecule has 0 bridgehead atoms. The number of rotatable bonds is 3. The van der Waals surface area contributed by atoms with Gasteiger partial charge in [-0.15, -0.1) is 0 Å². The van der Waals surface area contributed by atoms with Crippen molar-refractivity contribution in [3.05, 3.63) is 0 Å². The van der Waals surface area contributed by atoms with E-state index in [1.807, 2.05) is 11.9 Å². The van der Waals surface area contributed by atoms with Crippen LogP contribution in [-0.4, -0.2) is 48.7 Å². The summed E-state index contributed by atoms with van der Waals surface area (Å²) in [5, 5.41) is 12.5. The average Bonchev–Trinajstić information content (AvgIpc) is 2.27. The van der Waals surface area contributed by atoms with Gasteiger partial charge in [-0.25, -0.2) is 0 Å². The van der Waals surface area contributed by atoms with E-state index in [-0.39, 0.29) is 17.9 Å². The van der Waals surface area contributed by atoms with Gasteiger partial charge in [0.2, 0.25) is 5.91 Å². The fourth-order valence-corrected chi connectivity index (χ4v) is 2.70. The lowest BCUT2D eigenvalue weighted by atomic mass is 9.82. The lowest BCUT2D eigenvalue weighted by Crippen LogP contribution is -2.45. The zero-order chi connectivity index (χ0) is 11.5. The van der Waals surface area contributed by atoms with Gasteiger partial charge in [-0.2, -0.15) is 0 Å². The van der Waals surface area contributed by atoms with E-state index >= 15 is 0 Å². The molecule has 1 heterocycles. The van der Waals surface area contributed by atoms with Crippen LogP contribution in [0, 0.1) is 11.8 Å². The molecule has 0 unspecified atom stereocenters. The predicted octanol–water partition coefficient (Wildman–Crippen LogP) is 0.215. The van der Waals surface area contributed by atoms with Gasteiger partial charge in [0.15, 0.2) is 0 Å². The lowest BCUT2D eigenvalue weighted by Gasteiger charge is -2.36. The number of piperidine rings is 1. The number of hydrogen-bond donors (Lipinski definition) is 2. The summed E-state index contributed by atoms with van der Waals surface area (Å²) in [6, 6.07) is 0. The van der Waals surface area contributed by atoms with Crippen LogP contribution < -0.4 is 5.32 Å². The van der Waals surface area contributed by atoms with Gasteiger partial charge in [0, 0.05) is 20.1 Å². The number of carbonyl (C=O) groups excluding carboxylic acids is 1. The third kappa shape index (κ3) is 2.74. The molecular formula is C12H22N2O2. The van der Waals surface area contributed by atoms with E-state index < -0.39 is 0 Å². The first-order valence-corrected chi connectivity index (χ1v) is 6.30. The van der Waals surface area contributed by atoms with Crippen molar-refractivity contribution in [2.75, 3.05) is 26.7 Å². The molecule has 0 spiro atoms. The van der Waals surface area contributed by atoms with Gasteiger partial charge in [-0.05, 0) is 38.1 Å². The van der Waals surface area contributed by atoms with Crippen molar-refractivity contribution in [3.63, 3.8) is 0 Å². The summed E-state index contributed by atoms with van der Waals surface area (Å²) in [5.41, 5.74) is 0. The highest BCUT2D eigenvalue weighted by Gasteiger charge is 2.31. The van der Waals surface area contributed by atoms with Gasteiger partial charge in [0.25, 0.3) is 0 Å². The first-order valence-electron chi connectivity index (χ1n) is 6.30. The van der Waals surface area contributed by atoms with E-state index in [9.17, 15) is 9.90 Å². The van der Waals surface area contributed by atoms with Crippen molar-refractivity contribution in [2.24, 2.45) is 11.8 Å². The minimum Gasteiger partial charge on any atom is -0.393 e. The normalized spacial score (nSPS) is 34.2. The summed E-state index contributed by atoms with van der Waals surface area (Å²) in [5.74, 6) is 0.956. The molecule has 0 aromatic heterocycles. The van der Waals surface area contributed by atoms with Crippen molar-refractivity contribution in [1.82, 2.24) is 10.2 Å². The minimum atomic E-state index is -0.121. The maximum atomic E-state index is 12.1. The van der Waals surface area contributed by atoms with Crippen LogP contribution in [0.4, 0.5) is 0 Å². The average molecular weight is 226 g/mol. The van der Waals surface area contributed by atoms with Gasteiger partial charge < -0.3 is 15.3 Å². The molecule has 1 atom stereocenters. The van der Waals surface area contributed by atoms with Gasteiger partial charge >= 0.3 is 0 Å². The molecule has 2 aliphatic rings. The Morgan fingerprint density at radius 2 is 2.25 bits per heavy atom. The van der Waals surface area contributed by atoms with E-state index in [1.54, 1.807) is 0 Å². The molecule has 4 heteroatoms. The molecule has 2 fully saturated rings. The Kier molecular flexibility index (Phi) is 3.82. The molecule has 0 aromatic carbocycles. The number of aliphatic hydroxyl groups excluding tert-OH is 1. The molecule has 92 valence electrons. The molecule has 1 saturated carbocycles. The van der Waals surface area contributed by atoms with Crippen LogP contribution in [0.25, 0.3) is 0 Å². The number of carbonyl (C=O) groups is 1. The van der Waals surface area contributed by atoms with Crippen LogP contribution in [0.15, 0.2) is 0 Å². The zero-order valence-electron chi connectivity index (χ0n) is 9.98. The third-order valence-electron chi connectivity index (χ3n) is 3.77. The Morgan fingerprint density at radius 3 is 2.81 bits per heavy atom. The Balaban J connectivity index is 1.74. The second kappa shape index (κ2) is 5.15. The van der Waals surface area contributed by atoms with E-state index in [1.165, 1.54) is 0 Å². The minimum absolute atomic E-state index is 0.121. The molecule has 1 aliphatic carbocycles.